The van der Waals surface area contributed by atoms with E-state index >= 15 is 4.39 Å². The minimum Gasteiger partial charge on any atom is -0.206 e. The number of hydrogen-bond acceptors (Lipinski definition) is 0. The SMILES string of the molecule is CCCc1ccc(CCc2ccc(/C=C/c3ccc(C4CCC(CC(C)c5ccccc5)CC4)cc3F)cc2)cc1. The molecular weight excluding hydrogens is 499 g/mol. The van der Waals surface area contributed by atoms with Crippen molar-refractivity contribution in [1.82, 2.24) is 0 Å². The van der Waals surface area contributed by atoms with Crippen LogP contribution < -0.4 is 0 Å². The van der Waals surface area contributed by atoms with Gasteiger partial charge in [0.1, 0.15) is 5.82 Å². The average Bonchev–Trinajstić information content (AvgIpc) is 3.01. The van der Waals surface area contributed by atoms with Gasteiger partial charge < -0.3 is 0 Å². The molecule has 0 amide bonds. The van der Waals surface area contributed by atoms with Crippen LogP contribution in [0, 0.1) is 11.7 Å². The number of hydrogen-bond donors (Lipinski definition) is 0. The molecular formula is C40H45F. The summed E-state index contributed by atoms with van der Waals surface area (Å²) in [6.07, 6.45) is 14.4. The lowest BCUT2D eigenvalue weighted by atomic mass is 9.75. The second-order valence-corrected chi connectivity index (χ2v) is 12.2. The molecule has 1 aliphatic carbocycles. The summed E-state index contributed by atoms with van der Waals surface area (Å²) >= 11 is 0. The standard InChI is InChI=1S/C40H45F/c1-3-7-31-10-12-32(13-11-31)14-15-33-16-18-34(19-17-33)20-25-38-26-27-39(29-40(38)41)37-23-21-35(22-24-37)28-30(2)36-8-5-4-6-9-36/h4-6,8-13,16-20,25-27,29-30,35,37H,3,7,14-15,21-24,28H2,1-2H3/b25-20+. The van der Waals surface area contributed by atoms with Crippen molar-refractivity contribution in [1.29, 1.82) is 0 Å². The second kappa shape index (κ2) is 14.4. The Morgan fingerprint density at radius 2 is 1.32 bits per heavy atom. The maximum Gasteiger partial charge on any atom is 0.130 e. The number of aryl methyl sites for hydroxylation is 3. The molecule has 4 aromatic rings. The highest BCUT2D eigenvalue weighted by molar-refractivity contribution is 5.70. The van der Waals surface area contributed by atoms with Crippen molar-refractivity contribution >= 4 is 12.2 Å². The van der Waals surface area contributed by atoms with Gasteiger partial charge in [0.25, 0.3) is 0 Å². The van der Waals surface area contributed by atoms with E-state index in [9.17, 15) is 0 Å². The van der Waals surface area contributed by atoms with Gasteiger partial charge in [-0.05, 0) is 109 Å². The fraction of sp³-hybridized carbons (Fsp3) is 0.350. The van der Waals surface area contributed by atoms with Crippen LogP contribution in [0.3, 0.4) is 0 Å². The van der Waals surface area contributed by atoms with E-state index < -0.39 is 0 Å². The van der Waals surface area contributed by atoms with E-state index in [2.05, 4.69) is 98.8 Å². The highest BCUT2D eigenvalue weighted by atomic mass is 19.1. The van der Waals surface area contributed by atoms with E-state index in [1.807, 2.05) is 18.2 Å². The van der Waals surface area contributed by atoms with E-state index in [1.54, 1.807) is 6.07 Å². The zero-order valence-corrected chi connectivity index (χ0v) is 24.9. The van der Waals surface area contributed by atoms with E-state index in [1.165, 1.54) is 53.5 Å². The Kier molecular flexibility index (Phi) is 10.2. The number of rotatable bonds is 11. The molecule has 1 atom stereocenters. The van der Waals surface area contributed by atoms with E-state index in [0.717, 1.165) is 43.6 Å². The molecule has 1 saturated carbocycles. The van der Waals surface area contributed by atoms with Crippen molar-refractivity contribution in [2.45, 2.75) is 83.5 Å². The van der Waals surface area contributed by atoms with Crippen molar-refractivity contribution in [2.75, 3.05) is 0 Å². The van der Waals surface area contributed by atoms with Crippen molar-refractivity contribution in [3.05, 3.63) is 142 Å². The molecule has 1 aliphatic rings. The highest BCUT2D eigenvalue weighted by Crippen LogP contribution is 2.40. The van der Waals surface area contributed by atoms with Crippen LogP contribution in [0.4, 0.5) is 4.39 Å². The molecule has 1 fully saturated rings. The van der Waals surface area contributed by atoms with Gasteiger partial charge in [-0.1, -0.05) is 123 Å². The van der Waals surface area contributed by atoms with Gasteiger partial charge in [-0.15, -0.1) is 0 Å². The first-order chi connectivity index (χ1) is 20.1. The third kappa shape index (κ3) is 8.29. The van der Waals surface area contributed by atoms with Gasteiger partial charge in [-0.2, -0.15) is 0 Å². The topological polar surface area (TPSA) is 0 Å². The van der Waals surface area contributed by atoms with Crippen LogP contribution in [0.2, 0.25) is 0 Å². The Morgan fingerprint density at radius 3 is 1.93 bits per heavy atom. The van der Waals surface area contributed by atoms with Crippen LogP contribution in [0.25, 0.3) is 12.2 Å². The van der Waals surface area contributed by atoms with Crippen LogP contribution in [-0.2, 0) is 19.3 Å². The monoisotopic (exact) mass is 544 g/mol. The maximum absolute atomic E-state index is 15.1. The van der Waals surface area contributed by atoms with Gasteiger partial charge in [0.15, 0.2) is 0 Å². The summed E-state index contributed by atoms with van der Waals surface area (Å²) in [5.74, 6) is 1.75. The predicted octanol–water partition coefficient (Wildman–Crippen LogP) is 11.2. The van der Waals surface area contributed by atoms with Crippen LogP contribution in [-0.4, -0.2) is 0 Å². The van der Waals surface area contributed by atoms with Gasteiger partial charge in [0.05, 0.1) is 0 Å². The second-order valence-electron chi connectivity index (χ2n) is 12.2. The van der Waals surface area contributed by atoms with Crippen molar-refractivity contribution in [3.63, 3.8) is 0 Å². The quantitative estimate of drug-likeness (QED) is 0.165. The summed E-state index contributed by atoms with van der Waals surface area (Å²) in [5, 5.41) is 0. The van der Waals surface area contributed by atoms with Crippen LogP contribution in [0.5, 0.6) is 0 Å². The summed E-state index contributed by atoms with van der Waals surface area (Å²) in [4.78, 5) is 0. The summed E-state index contributed by atoms with van der Waals surface area (Å²) in [7, 11) is 0. The van der Waals surface area contributed by atoms with Crippen molar-refractivity contribution in [3.8, 4) is 0 Å². The molecule has 0 spiro atoms. The summed E-state index contributed by atoms with van der Waals surface area (Å²) < 4.78 is 15.1. The normalized spacial score (nSPS) is 18.0. The smallest absolute Gasteiger partial charge is 0.130 e. The molecule has 0 aromatic heterocycles. The van der Waals surface area contributed by atoms with Gasteiger partial charge >= 0.3 is 0 Å². The lowest BCUT2D eigenvalue weighted by molar-refractivity contribution is 0.297. The van der Waals surface area contributed by atoms with E-state index in [-0.39, 0.29) is 5.82 Å². The van der Waals surface area contributed by atoms with Crippen LogP contribution >= 0.6 is 0 Å². The molecule has 1 unspecified atom stereocenters. The molecule has 0 heterocycles. The molecule has 1 heteroatoms. The third-order valence-corrected chi connectivity index (χ3v) is 9.10. The van der Waals surface area contributed by atoms with Crippen LogP contribution in [0.1, 0.15) is 103 Å². The fourth-order valence-corrected chi connectivity index (χ4v) is 6.51. The number of benzene rings is 4. The van der Waals surface area contributed by atoms with Gasteiger partial charge in [0.2, 0.25) is 0 Å². The first-order valence-corrected chi connectivity index (χ1v) is 15.8. The lowest BCUT2D eigenvalue weighted by Crippen LogP contribution is -2.15. The molecule has 41 heavy (non-hydrogen) atoms. The molecule has 0 radical (unpaired) electrons. The molecule has 0 nitrogen and oxygen atoms in total. The summed E-state index contributed by atoms with van der Waals surface area (Å²) in [6.45, 7) is 4.57. The van der Waals surface area contributed by atoms with E-state index in [4.69, 9.17) is 0 Å². The number of halogens is 1. The Balaban J connectivity index is 1.10. The van der Waals surface area contributed by atoms with Crippen molar-refractivity contribution in [2.24, 2.45) is 5.92 Å². The molecule has 0 aliphatic heterocycles. The first kappa shape index (κ1) is 29.1. The zero-order chi connectivity index (χ0) is 28.4. The molecule has 0 N–H and O–H groups in total. The molecule has 4 aromatic carbocycles. The minimum atomic E-state index is -0.111. The Bertz CT molecular complexity index is 1370. The lowest BCUT2D eigenvalue weighted by Gasteiger charge is -2.30. The van der Waals surface area contributed by atoms with Gasteiger partial charge in [-0.25, -0.2) is 4.39 Å². The van der Waals surface area contributed by atoms with E-state index in [0.29, 0.717) is 17.4 Å². The Hall–Kier alpha value is -3.45. The van der Waals surface area contributed by atoms with Gasteiger partial charge in [0, 0.05) is 5.56 Å². The minimum absolute atomic E-state index is 0.111. The third-order valence-electron chi connectivity index (χ3n) is 9.10. The first-order valence-electron chi connectivity index (χ1n) is 15.8. The summed E-state index contributed by atoms with van der Waals surface area (Å²) in [6, 6.07) is 34.5. The zero-order valence-electron chi connectivity index (χ0n) is 24.9. The van der Waals surface area contributed by atoms with Crippen molar-refractivity contribution < 1.29 is 4.39 Å². The Morgan fingerprint density at radius 1 is 0.707 bits per heavy atom. The summed E-state index contributed by atoms with van der Waals surface area (Å²) in [5.41, 5.74) is 8.51. The molecule has 0 bridgehead atoms. The average molecular weight is 545 g/mol. The molecule has 212 valence electrons. The molecule has 0 saturated heterocycles. The predicted molar refractivity (Wildman–Crippen MR) is 174 cm³/mol. The Labute approximate surface area is 247 Å². The molecule has 5 rings (SSSR count). The van der Waals surface area contributed by atoms with Crippen LogP contribution in [0.15, 0.2) is 97.1 Å². The largest absolute Gasteiger partial charge is 0.206 e. The van der Waals surface area contributed by atoms with Gasteiger partial charge in [-0.3, -0.25) is 0 Å². The fourth-order valence-electron chi connectivity index (χ4n) is 6.51. The highest BCUT2D eigenvalue weighted by Gasteiger charge is 2.24. The maximum atomic E-state index is 15.1.